The van der Waals surface area contributed by atoms with Crippen molar-refractivity contribution in [2.24, 2.45) is 0 Å². The average molecular weight is 403 g/mol. The monoisotopic (exact) mass is 403 g/mol. The molecular formula is C16H38NO8P. The van der Waals surface area contributed by atoms with Gasteiger partial charge in [-0.05, 0) is 6.42 Å². The molecule has 0 aromatic heterocycles. The minimum atomic E-state index is -4.64. The minimum Gasteiger partial charge on any atom is -0.394 e. The maximum Gasteiger partial charge on any atom is 0.466 e. The highest BCUT2D eigenvalue weighted by atomic mass is 31.2. The highest BCUT2D eigenvalue weighted by Crippen LogP contribution is 2.25. The third-order valence-electron chi connectivity index (χ3n) is 3.35. The van der Waals surface area contributed by atoms with Crippen LogP contribution in [0.15, 0.2) is 0 Å². The first-order chi connectivity index (χ1) is 12.3. The van der Waals surface area contributed by atoms with Gasteiger partial charge in [0, 0.05) is 0 Å². The van der Waals surface area contributed by atoms with Crippen molar-refractivity contribution in [1.82, 2.24) is 5.23 Å². The predicted octanol–water partition coefficient (Wildman–Crippen LogP) is 2.13. The SMILES string of the molecule is CCCCCCCCCCCCN(OCCO)OCCO.O=P(O)(O)O. The molecule has 0 saturated carbocycles. The third kappa shape index (κ3) is 31.7. The fourth-order valence-corrected chi connectivity index (χ4v) is 2.18. The first kappa shape index (κ1) is 28.1. The van der Waals surface area contributed by atoms with Crippen molar-refractivity contribution in [3.8, 4) is 0 Å². The Hall–Kier alpha value is -0.0900. The summed E-state index contributed by atoms with van der Waals surface area (Å²) in [6.07, 6.45) is 12.9. The predicted molar refractivity (Wildman–Crippen MR) is 98.9 cm³/mol. The summed E-state index contributed by atoms with van der Waals surface area (Å²) in [5, 5.41) is 18.8. The van der Waals surface area contributed by atoms with E-state index in [0.717, 1.165) is 12.8 Å². The number of rotatable bonds is 17. The van der Waals surface area contributed by atoms with Gasteiger partial charge in [0.05, 0.1) is 33.0 Å². The maximum absolute atomic E-state index is 8.88. The molecule has 9 nitrogen and oxygen atoms in total. The average Bonchev–Trinajstić information content (AvgIpc) is 2.56. The summed E-state index contributed by atoms with van der Waals surface area (Å²) in [5.41, 5.74) is 0. The van der Waals surface area contributed by atoms with Crippen molar-refractivity contribution in [3.63, 3.8) is 0 Å². The third-order valence-corrected chi connectivity index (χ3v) is 3.35. The lowest BCUT2D eigenvalue weighted by Crippen LogP contribution is -2.28. The quantitative estimate of drug-likeness (QED) is 0.140. The van der Waals surface area contributed by atoms with Gasteiger partial charge in [0.15, 0.2) is 0 Å². The topological polar surface area (TPSA) is 140 Å². The van der Waals surface area contributed by atoms with Gasteiger partial charge in [0.25, 0.3) is 0 Å². The van der Waals surface area contributed by atoms with Crippen LogP contribution in [0.5, 0.6) is 0 Å². The highest BCUT2D eigenvalue weighted by Gasteiger charge is 2.05. The molecule has 0 saturated heterocycles. The molecule has 0 unspecified atom stereocenters. The number of hydrogen-bond donors (Lipinski definition) is 5. The molecule has 0 aliphatic carbocycles. The van der Waals surface area contributed by atoms with Gasteiger partial charge in [-0.3, -0.25) is 9.68 Å². The molecule has 0 heterocycles. The Labute approximate surface area is 157 Å². The Morgan fingerprint density at radius 1 is 0.731 bits per heavy atom. The lowest BCUT2D eigenvalue weighted by atomic mass is 10.1. The molecule has 0 aromatic rings. The lowest BCUT2D eigenvalue weighted by Gasteiger charge is -2.20. The minimum absolute atomic E-state index is 0.0307. The molecule has 0 fully saturated rings. The molecule has 160 valence electrons. The standard InChI is InChI=1S/C16H35NO4.H3O4P/c1-2-3-4-5-6-7-8-9-10-11-12-17(20-15-13-18)21-16-14-19;1-5(2,3)4/h18-19H,2-16H2,1H3;(H3,1,2,3,4). The van der Waals surface area contributed by atoms with Crippen molar-refractivity contribution in [3.05, 3.63) is 0 Å². The Bertz CT molecular complexity index is 300. The van der Waals surface area contributed by atoms with E-state index in [9.17, 15) is 0 Å². The zero-order valence-corrected chi connectivity index (χ0v) is 16.9. The molecule has 10 heteroatoms. The number of hydroxylamine groups is 2. The smallest absolute Gasteiger partial charge is 0.394 e. The van der Waals surface area contributed by atoms with Crippen molar-refractivity contribution >= 4 is 7.82 Å². The van der Waals surface area contributed by atoms with Crippen LogP contribution in [0.3, 0.4) is 0 Å². The second kappa shape index (κ2) is 21.2. The maximum atomic E-state index is 8.88. The van der Waals surface area contributed by atoms with Crippen molar-refractivity contribution in [1.29, 1.82) is 0 Å². The van der Waals surface area contributed by atoms with Crippen LogP contribution in [0.2, 0.25) is 0 Å². The first-order valence-electron chi connectivity index (χ1n) is 9.38. The normalized spacial score (nSPS) is 11.5. The summed E-state index contributed by atoms with van der Waals surface area (Å²) >= 11 is 0. The molecule has 0 spiro atoms. The molecule has 0 rings (SSSR count). The van der Waals surface area contributed by atoms with E-state index < -0.39 is 7.82 Å². The van der Waals surface area contributed by atoms with E-state index >= 15 is 0 Å². The largest absolute Gasteiger partial charge is 0.466 e. The van der Waals surface area contributed by atoms with Crippen LogP contribution < -0.4 is 0 Å². The Morgan fingerprint density at radius 3 is 1.42 bits per heavy atom. The van der Waals surface area contributed by atoms with Gasteiger partial charge >= 0.3 is 7.82 Å². The zero-order valence-electron chi connectivity index (χ0n) is 16.0. The van der Waals surface area contributed by atoms with Crippen LogP contribution in [-0.2, 0) is 14.2 Å². The summed E-state index contributed by atoms with van der Waals surface area (Å²) in [5.74, 6) is 0. The van der Waals surface area contributed by atoms with Crippen molar-refractivity contribution < 1.29 is 39.1 Å². The van der Waals surface area contributed by atoms with Crippen LogP contribution in [0, 0.1) is 0 Å². The summed E-state index contributed by atoms with van der Waals surface area (Å²) in [6, 6.07) is 0. The molecule has 0 aliphatic heterocycles. The van der Waals surface area contributed by atoms with Crippen LogP contribution in [0.1, 0.15) is 71.1 Å². The molecule has 0 aromatic carbocycles. The number of hydrogen-bond acceptors (Lipinski definition) is 6. The Kier molecular flexibility index (Phi) is 22.9. The zero-order chi connectivity index (χ0) is 20.1. The Morgan fingerprint density at radius 2 is 1.08 bits per heavy atom. The van der Waals surface area contributed by atoms with E-state index in [1.165, 1.54) is 56.6 Å². The number of aliphatic hydroxyl groups excluding tert-OH is 2. The number of aliphatic hydroxyl groups is 2. The molecule has 0 bridgehead atoms. The van der Waals surface area contributed by atoms with E-state index in [-0.39, 0.29) is 26.4 Å². The molecule has 0 atom stereocenters. The van der Waals surface area contributed by atoms with Gasteiger partial charge in [-0.15, -0.1) is 0 Å². The van der Waals surface area contributed by atoms with E-state index in [2.05, 4.69) is 6.92 Å². The number of nitrogens with zero attached hydrogens (tertiary/aromatic N) is 1. The second-order valence-corrected chi connectivity index (χ2v) is 6.89. The number of phosphoric acid groups is 1. The number of unbranched alkanes of at least 4 members (excludes halogenated alkanes) is 9. The first-order valence-corrected chi connectivity index (χ1v) is 10.9. The van der Waals surface area contributed by atoms with Gasteiger partial charge in [-0.25, -0.2) is 4.57 Å². The molecule has 0 radical (unpaired) electrons. The second-order valence-electron chi connectivity index (χ2n) is 5.87. The molecule has 0 aliphatic rings. The van der Waals surface area contributed by atoms with Gasteiger partial charge in [-0.2, -0.15) is 0 Å². The summed E-state index contributed by atoms with van der Waals surface area (Å²) in [6.45, 7) is 3.31. The Balaban J connectivity index is 0. The highest BCUT2D eigenvalue weighted by molar-refractivity contribution is 7.45. The van der Waals surface area contributed by atoms with Crippen molar-refractivity contribution in [2.75, 3.05) is 33.0 Å². The van der Waals surface area contributed by atoms with Gasteiger partial charge in [0.2, 0.25) is 0 Å². The molecule has 26 heavy (non-hydrogen) atoms. The van der Waals surface area contributed by atoms with Crippen LogP contribution in [-0.4, -0.2) is 63.1 Å². The van der Waals surface area contributed by atoms with Gasteiger partial charge < -0.3 is 24.9 Å². The van der Waals surface area contributed by atoms with Crippen LogP contribution in [0.4, 0.5) is 0 Å². The summed E-state index contributed by atoms with van der Waals surface area (Å²) in [7, 11) is -4.64. The summed E-state index contributed by atoms with van der Waals surface area (Å²) in [4.78, 5) is 32.0. The van der Waals surface area contributed by atoms with E-state index in [1.54, 1.807) is 0 Å². The van der Waals surface area contributed by atoms with Crippen LogP contribution >= 0.6 is 7.82 Å². The van der Waals surface area contributed by atoms with Crippen LogP contribution in [0.25, 0.3) is 0 Å². The van der Waals surface area contributed by atoms with Gasteiger partial charge in [0.1, 0.15) is 0 Å². The van der Waals surface area contributed by atoms with Crippen molar-refractivity contribution in [2.45, 2.75) is 71.1 Å². The van der Waals surface area contributed by atoms with Gasteiger partial charge in [-0.1, -0.05) is 69.9 Å². The molecule has 5 N–H and O–H groups in total. The van der Waals surface area contributed by atoms with E-state index in [4.69, 9.17) is 39.1 Å². The molecular weight excluding hydrogens is 365 g/mol. The van der Waals surface area contributed by atoms with E-state index in [0.29, 0.717) is 6.54 Å². The summed E-state index contributed by atoms with van der Waals surface area (Å²) < 4.78 is 8.88. The molecule has 0 amide bonds. The van der Waals surface area contributed by atoms with E-state index in [1.807, 2.05) is 0 Å². The fourth-order valence-electron chi connectivity index (χ4n) is 2.18. The fraction of sp³-hybridized carbons (Fsp3) is 1.00. The lowest BCUT2D eigenvalue weighted by molar-refractivity contribution is -0.371.